The smallest absolute Gasteiger partial charge is 0.00458 e. The van der Waals surface area contributed by atoms with Gasteiger partial charge in [-0.15, -0.1) is 0 Å². The molecule has 1 aromatic carbocycles. The molecule has 0 radical (unpaired) electrons. The molecule has 84 valence electrons. The first-order valence-corrected chi connectivity index (χ1v) is 5.80. The summed E-state index contributed by atoms with van der Waals surface area (Å²) < 4.78 is 0. The summed E-state index contributed by atoms with van der Waals surface area (Å²) in [5.41, 5.74) is 2.79. The van der Waals surface area contributed by atoms with Gasteiger partial charge in [0.15, 0.2) is 0 Å². The van der Waals surface area contributed by atoms with Crippen LogP contribution in [-0.4, -0.2) is 0 Å². The third-order valence-electron chi connectivity index (χ3n) is 2.77. The second kappa shape index (κ2) is 6.84. The first-order valence-electron chi connectivity index (χ1n) is 5.80. The molecule has 0 N–H and O–H groups in total. The Morgan fingerprint density at radius 2 is 1.94 bits per heavy atom. The van der Waals surface area contributed by atoms with Crippen molar-refractivity contribution in [3.05, 3.63) is 72.4 Å². The fraction of sp³-hybridized carbons (Fsp3) is 0.250. The van der Waals surface area contributed by atoms with Gasteiger partial charge in [-0.05, 0) is 18.9 Å². The minimum absolute atomic E-state index is 0.524. The fourth-order valence-corrected chi connectivity index (χ4v) is 1.91. The molecule has 16 heavy (non-hydrogen) atoms. The quantitative estimate of drug-likeness (QED) is 0.611. The van der Waals surface area contributed by atoms with Gasteiger partial charge in [-0.2, -0.15) is 0 Å². The highest BCUT2D eigenvalue weighted by Crippen LogP contribution is 2.26. The number of allylic oxidation sites excluding steroid dienone is 5. The van der Waals surface area contributed by atoms with E-state index in [0.717, 1.165) is 6.42 Å². The minimum atomic E-state index is 0.524. The van der Waals surface area contributed by atoms with E-state index in [1.807, 2.05) is 12.2 Å². The van der Waals surface area contributed by atoms with Gasteiger partial charge in [-0.1, -0.05) is 73.7 Å². The van der Waals surface area contributed by atoms with Crippen molar-refractivity contribution >= 4 is 0 Å². The van der Waals surface area contributed by atoms with Gasteiger partial charge in [0.25, 0.3) is 0 Å². The first kappa shape index (κ1) is 12.5. The van der Waals surface area contributed by atoms with Crippen LogP contribution in [0.1, 0.15) is 31.7 Å². The number of benzene rings is 1. The van der Waals surface area contributed by atoms with Gasteiger partial charge in [-0.25, -0.2) is 0 Å². The molecule has 0 saturated heterocycles. The number of hydrogen-bond donors (Lipinski definition) is 0. The molecule has 0 heteroatoms. The summed E-state index contributed by atoms with van der Waals surface area (Å²) in [6, 6.07) is 10.7. The van der Waals surface area contributed by atoms with Gasteiger partial charge < -0.3 is 0 Å². The van der Waals surface area contributed by atoms with Crippen LogP contribution in [0.3, 0.4) is 0 Å². The Bertz CT molecular complexity index is 368. The molecule has 1 rings (SSSR count). The highest BCUT2D eigenvalue weighted by molar-refractivity contribution is 5.30. The molecule has 0 aliphatic heterocycles. The SMILES string of the molecule is C=C/C=C\C=C(/C)C(CC)c1ccccc1. The van der Waals surface area contributed by atoms with Crippen LogP contribution in [0, 0.1) is 0 Å². The lowest BCUT2D eigenvalue weighted by molar-refractivity contribution is 0.759. The Morgan fingerprint density at radius 1 is 1.25 bits per heavy atom. The molecule has 0 nitrogen and oxygen atoms in total. The maximum Gasteiger partial charge on any atom is 0.00458 e. The van der Waals surface area contributed by atoms with Crippen molar-refractivity contribution in [1.29, 1.82) is 0 Å². The van der Waals surface area contributed by atoms with Crippen LogP contribution in [0.25, 0.3) is 0 Å². The van der Waals surface area contributed by atoms with Crippen molar-refractivity contribution in [2.75, 3.05) is 0 Å². The normalized spacial score (nSPS) is 14.0. The first-order chi connectivity index (χ1) is 7.79. The summed E-state index contributed by atoms with van der Waals surface area (Å²) in [6.45, 7) is 8.08. The van der Waals surface area contributed by atoms with E-state index in [4.69, 9.17) is 0 Å². The third kappa shape index (κ3) is 3.54. The highest BCUT2D eigenvalue weighted by atomic mass is 14.1. The topological polar surface area (TPSA) is 0 Å². The maximum atomic E-state index is 3.66. The lowest BCUT2D eigenvalue weighted by Crippen LogP contribution is -1.98. The van der Waals surface area contributed by atoms with Crippen molar-refractivity contribution in [3.8, 4) is 0 Å². The second-order valence-corrected chi connectivity index (χ2v) is 3.90. The van der Waals surface area contributed by atoms with Gasteiger partial charge in [0.1, 0.15) is 0 Å². The monoisotopic (exact) mass is 212 g/mol. The lowest BCUT2D eigenvalue weighted by atomic mass is 9.89. The molecule has 0 bridgehead atoms. The minimum Gasteiger partial charge on any atom is -0.0991 e. The maximum absolute atomic E-state index is 3.66. The average Bonchev–Trinajstić information content (AvgIpc) is 2.32. The van der Waals surface area contributed by atoms with Crippen molar-refractivity contribution in [2.45, 2.75) is 26.2 Å². The zero-order valence-electron chi connectivity index (χ0n) is 10.2. The van der Waals surface area contributed by atoms with Crippen molar-refractivity contribution in [2.24, 2.45) is 0 Å². The van der Waals surface area contributed by atoms with E-state index in [9.17, 15) is 0 Å². The van der Waals surface area contributed by atoms with E-state index in [1.54, 1.807) is 6.08 Å². The Hall–Kier alpha value is -1.56. The molecule has 1 unspecified atom stereocenters. The van der Waals surface area contributed by atoms with E-state index < -0.39 is 0 Å². The summed E-state index contributed by atoms with van der Waals surface area (Å²) in [7, 11) is 0. The van der Waals surface area contributed by atoms with E-state index in [-0.39, 0.29) is 0 Å². The molecule has 1 atom stereocenters. The summed E-state index contributed by atoms with van der Waals surface area (Å²) in [6.07, 6.45) is 9.11. The predicted octanol–water partition coefficient (Wildman–Crippen LogP) is 4.87. The van der Waals surface area contributed by atoms with Crippen molar-refractivity contribution < 1.29 is 0 Å². The lowest BCUT2D eigenvalue weighted by Gasteiger charge is -2.15. The van der Waals surface area contributed by atoms with Crippen LogP contribution in [0.2, 0.25) is 0 Å². The molecule has 0 saturated carbocycles. The summed E-state index contributed by atoms with van der Waals surface area (Å²) in [4.78, 5) is 0. The summed E-state index contributed by atoms with van der Waals surface area (Å²) >= 11 is 0. The molecule has 0 spiro atoms. The molecule has 0 amide bonds. The Balaban J connectivity index is 2.86. The third-order valence-corrected chi connectivity index (χ3v) is 2.77. The van der Waals surface area contributed by atoms with E-state index >= 15 is 0 Å². The van der Waals surface area contributed by atoms with Crippen molar-refractivity contribution in [3.63, 3.8) is 0 Å². The molecule has 1 aromatic rings. The molecular formula is C16H20. The molecule has 0 aliphatic carbocycles. The van der Waals surface area contributed by atoms with Gasteiger partial charge in [-0.3, -0.25) is 0 Å². The highest BCUT2D eigenvalue weighted by Gasteiger charge is 2.09. The summed E-state index contributed by atoms with van der Waals surface area (Å²) in [5, 5.41) is 0. The van der Waals surface area contributed by atoms with Gasteiger partial charge in [0.2, 0.25) is 0 Å². The Kier molecular flexibility index (Phi) is 5.35. The number of hydrogen-bond acceptors (Lipinski definition) is 0. The second-order valence-electron chi connectivity index (χ2n) is 3.90. The van der Waals surface area contributed by atoms with Crippen LogP contribution in [0.4, 0.5) is 0 Å². The molecular weight excluding hydrogens is 192 g/mol. The Morgan fingerprint density at radius 3 is 2.50 bits per heavy atom. The Labute approximate surface area is 99.0 Å². The van der Waals surface area contributed by atoms with E-state index in [2.05, 4.69) is 56.8 Å². The van der Waals surface area contributed by atoms with Crippen LogP contribution >= 0.6 is 0 Å². The molecule has 0 heterocycles. The molecule has 0 aliphatic rings. The van der Waals surface area contributed by atoms with Gasteiger partial charge >= 0.3 is 0 Å². The average molecular weight is 212 g/mol. The van der Waals surface area contributed by atoms with Crippen LogP contribution in [0.5, 0.6) is 0 Å². The zero-order valence-corrected chi connectivity index (χ0v) is 10.2. The van der Waals surface area contributed by atoms with Crippen molar-refractivity contribution in [1.82, 2.24) is 0 Å². The standard InChI is InChI=1S/C16H20/c1-4-6-8-11-14(3)16(5-2)15-12-9-7-10-13-15/h4,6-13,16H,1,5H2,2-3H3/b8-6-,14-11+. The van der Waals surface area contributed by atoms with Crippen LogP contribution < -0.4 is 0 Å². The molecule has 0 fully saturated rings. The molecule has 0 aromatic heterocycles. The van der Waals surface area contributed by atoms with Gasteiger partial charge in [0.05, 0.1) is 0 Å². The fourth-order valence-electron chi connectivity index (χ4n) is 1.91. The zero-order chi connectivity index (χ0) is 11.8. The summed E-state index contributed by atoms with van der Waals surface area (Å²) in [5.74, 6) is 0.524. The van der Waals surface area contributed by atoms with Gasteiger partial charge in [0, 0.05) is 5.92 Å². The number of rotatable bonds is 5. The largest absolute Gasteiger partial charge is 0.0991 e. The van der Waals surface area contributed by atoms with Crippen LogP contribution in [0.15, 0.2) is 66.8 Å². The van der Waals surface area contributed by atoms with E-state index in [0.29, 0.717) is 5.92 Å². The van der Waals surface area contributed by atoms with E-state index in [1.165, 1.54) is 11.1 Å². The predicted molar refractivity (Wildman–Crippen MR) is 72.6 cm³/mol. The van der Waals surface area contributed by atoms with Crippen LogP contribution in [-0.2, 0) is 0 Å².